The Morgan fingerprint density at radius 1 is 1.11 bits per heavy atom. The fourth-order valence-electron chi connectivity index (χ4n) is 1.55. The second-order valence-electron chi connectivity index (χ2n) is 3.84. The van der Waals surface area contributed by atoms with Gasteiger partial charge in [-0.3, -0.25) is 5.43 Å². The van der Waals surface area contributed by atoms with Crippen LogP contribution < -0.4 is 5.43 Å². The molecular weight excluding hydrogens is 276 g/mol. The maximum absolute atomic E-state index is 6.17. The Morgan fingerprint density at radius 3 is 2.42 bits per heavy atom. The van der Waals surface area contributed by atoms with Crippen LogP contribution in [-0.4, -0.2) is 10.9 Å². The predicted octanol–water partition coefficient (Wildman–Crippen LogP) is 4.81. The van der Waals surface area contributed by atoms with Crippen molar-refractivity contribution in [3.8, 4) is 0 Å². The highest BCUT2D eigenvalue weighted by Gasteiger charge is 2.00. The number of thioether (sulfide) groups is 1. The summed E-state index contributed by atoms with van der Waals surface area (Å²) in [6, 6.07) is 17.8. The molecular formula is C15H15ClN2S. The van der Waals surface area contributed by atoms with E-state index in [2.05, 4.69) is 29.6 Å². The number of para-hydroxylation sites is 1. The number of halogens is 1. The van der Waals surface area contributed by atoms with E-state index in [1.54, 1.807) is 0 Å². The molecule has 0 spiro atoms. The topological polar surface area (TPSA) is 24.4 Å². The monoisotopic (exact) mass is 290 g/mol. The molecule has 0 fully saturated rings. The van der Waals surface area contributed by atoms with E-state index in [4.69, 9.17) is 11.6 Å². The van der Waals surface area contributed by atoms with Gasteiger partial charge in [0.15, 0.2) is 5.17 Å². The smallest absolute Gasteiger partial charge is 0.156 e. The fraction of sp³-hybridized carbons (Fsp3) is 0.133. The summed E-state index contributed by atoms with van der Waals surface area (Å²) in [5.41, 5.74) is 4.76. The number of hydrazone groups is 1. The van der Waals surface area contributed by atoms with Crippen LogP contribution in [0.4, 0.5) is 5.69 Å². The molecule has 2 nitrogen and oxygen atoms in total. The van der Waals surface area contributed by atoms with Crippen molar-refractivity contribution in [3.63, 3.8) is 0 Å². The molecule has 2 aromatic rings. The normalized spacial score (nSPS) is 11.4. The minimum Gasteiger partial charge on any atom is -0.277 e. The lowest BCUT2D eigenvalue weighted by molar-refractivity contribution is 1.34. The zero-order chi connectivity index (χ0) is 13.5. The van der Waals surface area contributed by atoms with Gasteiger partial charge < -0.3 is 0 Å². The third kappa shape index (κ3) is 4.30. The van der Waals surface area contributed by atoms with Gasteiger partial charge in [-0.05, 0) is 30.0 Å². The van der Waals surface area contributed by atoms with Crippen molar-refractivity contribution in [2.24, 2.45) is 5.10 Å². The van der Waals surface area contributed by atoms with E-state index in [1.165, 1.54) is 4.90 Å². The Balaban J connectivity index is 2.04. The van der Waals surface area contributed by atoms with Crippen LogP contribution in [0.15, 0.2) is 64.6 Å². The van der Waals surface area contributed by atoms with Gasteiger partial charge in [0.1, 0.15) is 0 Å². The number of nitrogens with zero attached hydrogens (tertiary/aromatic N) is 1. The van der Waals surface area contributed by atoms with Crippen LogP contribution in [0.25, 0.3) is 0 Å². The maximum atomic E-state index is 6.17. The molecule has 0 unspecified atom stereocenters. The third-order valence-corrected chi connectivity index (χ3v) is 3.66. The molecule has 2 aromatic carbocycles. The van der Waals surface area contributed by atoms with Gasteiger partial charge in [0, 0.05) is 10.5 Å². The maximum Gasteiger partial charge on any atom is 0.156 e. The largest absolute Gasteiger partial charge is 0.277 e. The third-order valence-electron chi connectivity index (χ3n) is 2.46. The molecule has 0 aliphatic heterocycles. The molecule has 0 bridgehead atoms. The molecule has 0 heterocycles. The number of rotatable bonds is 5. The van der Waals surface area contributed by atoms with Crippen molar-refractivity contribution in [1.82, 2.24) is 0 Å². The van der Waals surface area contributed by atoms with Gasteiger partial charge in [-0.25, -0.2) is 0 Å². The van der Waals surface area contributed by atoms with Crippen LogP contribution in [0.3, 0.4) is 0 Å². The van der Waals surface area contributed by atoms with Gasteiger partial charge in [0.2, 0.25) is 0 Å². The molecule has 98 valence electrons. The summed E-state index contributed by atoms with van der Waals surface area (Å²) in [4.78, 5) is 1.24. The van der Waals surface area contributed by atoms with Crippen molar-refractivity contribution < 1.29 is 0 Å². The highest BCUT2D eigenvalue weighted by molar-refractivity contribution is 7.99. The second kappa shape index (κ2) is 7.22. The highest BCUT2D eigenvalue weighted by Crippen LogP contribution is 2.18. The van der Waals surface area contributed by atoms with Crippen LogP contribution in [0.1, 0.15) is 12.5 Å². The molecule has 0 aliphatic carbocycles. The highest BCUT2D eigenvalue weighted by atomic mass is 35.5. The van der Waals surface area contributed by atoms with E-state index in [0.717, 1.165) is 17.0 Å². The molecule has 4 heteroatoms. The predicted molar refractivity (Wildman–Crippen MR) is 85.3 cm³/mol. The van der Waals surface area contributed by atoms with Gasteiger partial charge in [0.05, 0.1) is 5.69 Å². The SMILES string of the molecule is CCSc1ccc(C(Cl)=NNc2ccccc2)cc1. The lowest BCUT2D eigenvalue weighted by Crippen LogP contribution is -1.96. The van der Waals surface area contributed by atoms with Gasteiger partial charge in [-0.1, -0.05) is 48.9 Å². The van der Waals surface area contributed by atoms with E-state index >= 15 is 0 Å². The summed E-state index contributed by atoms with van der Waals surface area (Å²) in [6.07, 6.45) is 0. The number of nitrogens with one attached hydrogen (secondary N) is 1. The Morgan fingerprint density at radius 2 is 1.79 bits per heavy atom. The van der Waals surface area contributed by atoms with E-state index in [1.807, 2.05) is 54.2 Å². The van der Waals surface area contributed by atoms with Crippen molar-refractivity contribution in [1.29, 1.82) is 0 Å². The average molecular weight is 291 g/mol. The zero-order valence-corrected chi connectivity index (χ0v) is 12.2. The number of hydrogen-bond donors (Lipinski definition) is 1. The molecule has 2 rings (SSSR count). The molecule has 0 saturated carbocycles. The Bertz CT molecular complexity index is 538. The first-order valence-corrected chi connectivity index (χ1v) is 7.43. The first-order chi connectivity index (χ1) is 9.29. The van der Waals surface area contributed by atoms with E-state index < -0.39 is 0 Å². The minimum atomic E-state index is 0.455. The van der Waals surface area contributed by atoms with Crippen molar-refractivity contribution in [3.05, 3.63) is 60.2 Å². The first kappa shape index (κ1) is 14.0. The second-order valence-corrected chi connectivity index (χ2v) is 5.53. The summed E-state index contributed by atoms with van der Waals surface area (Å²) in [5.74, 6) is 1.07. The number of anilines is 1. The van der Waals surface area contributed by atoms with Crippen molar-refractivity contribution in [2.45, 2.75) is 11.8 Å². The number of benzene rings is 2. The van der Waals surface area contributed by atoms with Crippen molar-refractivity contribution >= 4 is 34.2 Å². The molecule has 0 atom stereocenters. The molecule has 0 aliphatic rings. The quantitative estimate of drug-likeness (QED) is 0.485. The first-order valence-electron chi connectivity index (χ1n) is 6.07. The lowest BCUT2D eigenvalue weighted by atomic mass is 10.2. The van der Waals surface area contributed by atoms with Crippen molar-refractivity contribution in [2.75, 3.05) is 11.2 Å². The molecule has 0 saturated heterocycles. The van der Waals surface area contributed by atoms with Gasteiger partial charge in [0.25, 0.3) is 0 Å². The Labute approximate surface area is 122 Å². The van der Waals surface area contributed by atoms with E-state index in [-0.39, 0.29) is 0 Å². The molecule has 0 aromatic heterocycles. The van der Waals surface area contributed by atoms with Crippen LogP contribution in [0.2, 0.25) is 0 Å². The summed E-state index contributed by atoms with van der Waals surface area (Å²) < 4.78 is 0. The van der Waals surface area contributed by atoms with Crippen LogP contribution in [0.5, 0.6) is 0 Å². The molecule has 0 radical (unpaired) electrons. The summed E-state index contributed by atoms with van der Waals surface area (Å²) in [5, 5.41) is 4.62. The summed E-state index contributed by atoms with van der Waals surface area (Å²) >= 11 is 7.97. The lowest BCUT2D eigenvalue weighted by Gasteiger charge is -2.03. The van der Waals surface area contributed by atoms with Crippen LogP contribution in [0, 0.1) is 0 Å². The van der Waals surface area contributed by atoms with E-state index in [0.29, 0.717) is 5.17 Å². The van der Waals surface area contributed by atoms with Gasteiger partial charge in [-0.2, -0.15) is 5.10 Å². The minimum absolute atomic E-state index is 0.455. The van der Waals surface area contributed by atoms with Gasteiger partial charge in [-0.15, -0.1) is 11.8 Å². The molecule has 19 heavy (non-hydrogen) atoms. The average Bonchev–Trinajstić information content (AvgIpc) is 2.47. The van der Waals surface area contributed by atoms with E-state index in [9.17, 15) is 0 Å². The molecule has 1 N–H and O–H groups in total. The number of hydrogen-bond acceptors (Lipinski definition) is 3. The van der Waals surface area contributed by atoms with Crippen LogP contribution >= 0.6 is 23.4 Å². The fourth-order valence-corrected chi connectivity index (χ4v) is 2.38. The standard InChI is InChI=1S/C15H15ClN2S/c1-2-19-14-10-8-12(9-11-14)15(16)18-17-13-6-4-3-5-7-13/h3-11,17H,2H2,1H3. The van der Waals surface area contributed by atoms with Gasteiger partial charge >= 0.3 is 0 Å². The Hall–Kier alpha value is -1.45. The summed E-state index contributed by atoms with van der Waals surface area (Å²) in [7, 11) is 0. The Kier molecular flexibility index (Phi) is 5.31. The zero-order valence-electron chi connectivity index (χ0n) is 10.6. The summed E-state index contributed by atoms with van der Waals surface area (Å²) in [6.45, 7) is 2.14. The van der Waals surface area contributed by atoms with Crippen LogP contribution in [-0.2, 0) is 0 Å². The molecule has 0 amide bonds.